The molecule has 0 saturated heterocycles. The Morgan fingerprint density at radius 1 is 0.562 bits per heavy atom. The van der Waals surface area contributed by atoms with E-state index in [0.29, 0.717) is 61.2 Å². The molecule has 7 aromatic rings. The van der Waals surface area contributed by atoms with Crippen LogP contribution in [0.4, 0.5) is 16.5 Å². The summed E-state index contributed by atoms with van der Waals surface area (Å²) in [5, 5.41) is 23.3. The van der Waals surface area contributed by atoms with Crippen LogP contribution < -0.4 is 14.8 Å². The molecular formula is C48H46N4O9S3. The molecule has 0 aliphatic carbocycles. The molecule has 0 bridgehead atoms. The highest BCUT2D eigenvalue weighted by Crippen LogP contribution is 2.31. The second-order valence-electron chi connectivity index (χ2n) is 14.7. The van der Waals surface area contributed by atoms with Crippen molar-refractivity contribution in [3.05, 3.63) is 179 Å². The third-order valence-corrected chi connectivity index (χ3v) is 14.5. The quantitative estimate of drug-likeness (QED) is 0.0584. The predicted molar refractivity (Wildman–Crippen MR) is 250 cm³/mol. The van der Waals surface area contributed by atoms with Crippen molar-refractivity contribution in [2.45, 2.75) is 61.5 Å². The monoisotopic (exact) mass is 918 g/mol. The smallest absolute Gasteiger partial charge is 0.335 e. The van der Waals surface area contributed by atoms with Gasteiger partial charge in [0.05, 0.1) is 33.1 Å². The molecule has 0 saturated carbocycles. The van der Waals surface area contributed by atoms with Gasteiger partial charge in [-0.15, -0.1) is 0 Å². The lowest BCUT2D eigenvalue weighted by Gasteiger charge is -2.13. The Balaban J connectivity index is 0.000000213. The lowest BCUT2D eigenvalue weighted by atomic mass is 9.99. The van der Waals surface area contributed by atoms with Crippen LogP contribution in [0, 0.1) is 6.92 Å². The summed E-state index contributed by atoms with van der Waals surface area (Å²) in [7, 11) is -7.65. The van der Waals surface area contributed by atoms with Gasteiger partial charge in [-0.05, 0) is 115 Å². The van der Waals surface area contributed by atoms with E-state index < -0.39 is 32.0 Å². The highest BCUT2D eigenvalue weighted by molar-refractivity contribution is 7.94. The van der Waals surface area contributed by atoms with Crippen LogP contribution in [-0.4, -0.2) is 49.9 Å². The van der Waals surface area contributed by atoms with Crippen LogP contribution >= 0.6 is 11.3 Å². The summed E-state index contributed by atoms with van der Waals surface area (Å²) in [6.07, 6.45) is 3.66. The van der Waals surface area contributed by atoms with Crippen LogP contribution in [0.3, 0.4) is 0 Å². The Morgan fingerprint density at radius 3 is 1.52 bits per heavy atom. The van der Waals surface area contributed by atoms with Crippen molar-refractivity contribution in [3.63, 3.8) is 0 Å². The normalized spacial score (nSPS) is 11.3. The van der Waals surface area contributed by atoms with E-state index in [1.54, 1.807) is 85.8 Å². The number of aryl methyl sites for hydroxylation is 5. The van der Waals surface area contributed by atoms with Gasteiger partial charge in [0.2, 0.25) is 5.91 Å². The Labute approximate surface area is 376 Å². The number of carbonyl (C=O) groups excluding carboxylic acids is 1. The number of hydrogen-bond acceptors (Lipinski definition) is 9. The lowest BCUT2D eigenvalue weighted by molar-refractivity contribution is -0.114. The number of anilines is 3. The van der Waals surface area contributed by atoms with Gasteiger partial charge in [0, 0.05) is 6.92 Å². The lowest BCUT2D eigenvalue weighted by Crippen LogP contribution is -2.14. The van der Waals surface area contributed by atoms with Crippen molar-refractivity contribution >= 4 is 76.5 Å². The van der Waals surface area contributed by atoms with E-state index in [4.69, 9.17) is 0 Å². The summed E-state index contributed by atoms with van der Waals surface area (Å²) in [4.78, 5) is 38.3. The number of aromatic carboxylic acids is 2. The summed E-state index contributed by atoms with van der Waals surface area (Å²) in [6.45, 7) is 2.90. The van der Waals surface area contributed by atoms with Crippen LogP contribution in [0.15, 0.2) is 149 Å². The standard InChI is InChI=1S/C26H23NO4S.C22H23N3O5S2/c28-26(29)24-14-5-3-9-20(24)12-7-13-21-10-4-6-15-25(21)27-32(30,31)23-17-16-19-8-1-2-11-22(19)18-23;1-14-21(31-22(23-14)24-15(2)26)32(29,30)25-19-13-6-4-9-17(19)11-7-10-16-8-3-5-12-18(16)20(27)28/h1-6,8-11,14-18,27H,7,12-13H2,(H,28,29);3-6,8-9,12-13,25H,7,10-11H2,1-2H3,(H,27,28)(H,23,24,26). The predicted octanol–water partition coefficient (Wildman–Crippen LogP) is 9.60. The van der Waals surface area contributed by atoms with Crippen LogP contribution in [0.25, 0.3) is 10.8 Å². The summed E-state index contributed by atoms with van der Waals surface area (Å²) in [6, 6.07) is 40.9. The zero-order valence-corrected chi connectivity index (χ0v) is 37.4. The van der Waals surface area contributed by atoms with Gasteiger partial charge in [-0.1, -0.05) is 114 Å². The van der Waals surface area contributed by atoms with Gasteiger partial charge in [0.1, 0.15) is 0 Å². The molecule has 0 radical (unpaired) electrons. The average molecular weight is 919 g/mol. The first-order chi connectivity index (χ1) is 30.6. The number of nitrogens with one attached hydrogen (secondary N) is 3. The van der Waals surface area contributed by atoms with Gasteiger partial charge in [-0.2, -0.15) is 0 Å². The van der Waals surface area contributed by atoms with Gasteiger partial charge in [-0.25, -0.2) is 31.4 Å². The average Bonchev–Trinajstić information content (AvgIpc) is 3.64. The summed E-state index contributed by atoms with van der Waals surface area (Å²) in [5.74, 6) is -2.23. The van der Waals surface area contributed by atoms with E-state index in [0.717, 1.165) is 44.4 Å². The first-order valence-corrected chi connectivity index (χ1v) is 24.0. The third-order valence-electron chi connectivity index (χ3n) is 10.1. The van der Waals surface area contributed by atoms with E-state index in [-0.39, 0.29) is 25.7 Å². The van der Waals surface area contributed by atoms with E-state index in [1.165, 1.54) is 6.92 Å². The number of aromatic nitrogens is 1. The maximum Gasteiger partial charge on any atom is 0.335 e. The molecule has 0 unspecified atom stereocenters. The number of thiazole rings is 1. The highest BCUT2D eigenvalue weighted by atomic mass is 32.2. The summed E-state index contributed by atoms with van der Waals surface area (Å²) >= 11 is 0.890. The van der Waals surface area contributed by atoms with Crippen molar-refractivity contribution < 1.29 is 41.4 Å². The zero-order valence-electron chi connectivity index (χ0n) is 34.9. The highest BCUT2D eigenvalue weighted by Gasteiger charge is 2.24. The maximum atomic E-state index is 13.0. The SMILES string of the molecule is CC(=O)Nc1nc(C)c(S(=O)(=O)Nc2ccccc2CCCc2ccccc2C(=O)O)s1.O=C(O)c1ccccc1CCCc1ccccc1NS(=O)(=O)c1ccc2ccccc2c1. The topological polar surface area (TPSA) is 209 Å². The molecule has 6 aromatic carbocycles. The van der Waals surface area contributed by atoms with Crippen LogP contribution in [0.1, 0.15) is 68.4 Å². The second-order valence-corrected chi connectivity index (χ2v) is 19.3. The third kappa shape index (κ3) is 12.2. The van der Waals surface area contributed by atoms with Gasteiger partial charge in [0.15, 0.2) is 9.34 Å². The molecule has 330 valence electrons. The van der Waals surface area contributed by atoms with Crippen molar-refractivity contribution in [1.29, 1.82) is 0 Å². The molecule has 0 aliphatic rings. The number of carboxylic acid groups (broad SMARTS) is 2. The molecule has 7 rings (SSSR count). The van der Waals surface area contributed by atoms with Crippen LogP contribution in [0.2, 0.25) is 0 Å². The number of fused-ring (bicyclic) bond motifs is 1. The minimum atomic E-state index is -3.90. The molecule has 5 N–H and O–H groups in total. The number of nitrogens with zero attached hydrogens (tertiary/aromatic N) is 1. The number of hydrogen-bond donors (Lipinski definition) is 5. The van der Waals surface area contributed by atoms with Gasteiger partial charge in [0.25, 0.3) is 20.0 Å². The number of para-hydroxylation sites is 2. The maximum absolute atomic E-state index is 13.0. The number of benzene rings is 6. The Hall–Kier alpha value is -6.88. The fourth-order valence-corrected chi connectivity index (χ4v) is 10.8. The first kappa shape index (κ1) is 46.6. The Bertz CT molecular complexity index is 3040. The van der Waals surface area contributed by atoms with Crippen molar-refractivity contribution in [1.82, 2.24) is 4.98 Å². The fraction of sp³-hybridized carbons (Fsp3) is 0.167. The van der Waals surface area contributed by atoms with E-state index in [2.05, 4.69) is 19.7 Å². The van der Waals surface area contributed by atoms with Gasteiger partial charge >= 0.3 is 11.9 Å². The van der Waals surface area contributed by atoms with E-state index >= 15 is 0 Å². The van der Waals surface area contributed by atoms with E-state index in [1.807, 2.05) is 60.7 Å². The van der Waals surface area contributed by atoms with Crippen molar-refractivity contribution in [2.75, 3.05) is 14.8 Å². The molecule has 0 fully saturated rings. The molecule has 0 aliphatic heterocycles. The number of carbonyl (C=O) groups is 3. The number of sulfonamides is 2. The number of amides is 1. The molecule has 13 nitrogen and oxygen atoms in total. The first-order valence-electron chi connectivity index (χ1n) is 20.2. The van der Waals surface area contributed by atoms with Crippen molar-refractivity contribution in [2.24, 2.45) is 0 Å². The molecule has 0 spiro atoms. The molecule has 1 aromatic heterocycles. The number of rotatable bonds is 17. The molecule has 16 heteroatoms. The molecule has 0 atom stereocenters. The Kier molecular flexibility index (Phi) is 15.3. The van der Waals surface area contributed by atoms with Crippen molar-refractivity contribution in [3.8, 4) is 0 Å². The van der Waals surface area contributed by atoms with Gasteiger partial charge in [-0.3, -0.25) is 14.2 Å². The van der Waals surface area contributed by atoms with Crippen LogP contribution in [0.5, 0.6) is 0 Å². The summed E-state index contributed by atoms with van der Waals surface area (Å²) < 4.78 is 57.4. The van der Waals surface area contributed by atoms with Gasteiger partial charge < -0.3 is 15.5 Å². The molecule has 64 heavy (non-hydrogen) atoms. The molecule has 1 heterocycles. The fourth-order valence-electron chi connectivity index (χ4n) is 7.07. The number of carboxylic acids is 2. The Morgan fingerprint density at radius 2 is 1.00 bits per heavy atom. The second kappa shape index (κ2) is 21.0. The minimum absolute atomic E-state index is 0.0337. The zero-order chi connectivity index (χ0) is 45.9. The summed E-state index contributed by atoms with van der Waals surface area (Å²) in [5.41, 5.74) is 5.04. The molecule has 1 amide bonds. The molecular weight excluding hydrogens is 873 g/mol. The van der Waals surface area contributed by atoms with Crippen LogP contribution in [-0.2, 0) is 50.5 Å². The minimum Gasteiger partial charge on any atom is -0.478 e. The van der Waals surface area contributed by atoms with E-state index in [9.17, 15) is 41.4 Å². The largest absolute Gasteiger partial charge is 0.478 e.